The molecule has 0 N–H and O–H groups in total. The van der Waals surface area contributed by atoms with E-state index in [4.69, 9.17) is 99.5 Å². The van der Waals surface area contributed by atoms with Crippen LogP contribution in [0.25, 0.3) is 0 Å². The second kappa shape index (κ2) is 80.9. The van der Waals surface area contributed by atoms with Crippen molar-refractivity contribution in [2.24, 2.45) is 0 Å². The predicted molar refractivity (Wildman–Crippen MR) is 373 cm³/mol. The topological polar surface area (TPSA) is 214 Å². The van der Waals surface area contributed by atoms with E-state index in [1.165, 1.54) is 129 Å². The SMILES string of the molecule is CCCCCCCCCCCCCCCCCCOCCOCCOCCOCCOCCOCCOCCOCCOCCOCCOCCOCCOCCOCCOCCOCCOCCOCCOCCOCCOC(=O)CCN1CC[N+](C)(CCCCCC)CC1. The van der Waals surface area contributed by atoms with Crippen molar-refractivity contribution in [2.75, 3.05) is 317 Å². The van der Waals surface area contributed by atoms with Gasteiger partial charge in [-0.1, -0.05) is 123 Å². The van der Waals surface area contributed by atoms with Crippen LogP contribution in [-0.2, 0) is 104 Å². The molecule has 0 amide bonds. The standard InChI is InChI=1S/C72H145N2O22/c1-4-6-8-10-11-12-13-14-15-16-17-18-19-20-21-23-31-76-32-33-77-34-35-78-36-37-79-38-39-80-40-41-81-42-43-82-44-45-83-46-47-84-48-49-85-50-51-86-52-53-87-54-55-88-56-57-89-58-59-90-60-61-91-62-63-92-64-65-93-66-67-94-68-69-95-70-71-96-72(75)24-25-73-26-29-74(3,30-27-73)28-22-9-7-5-2/h4-71H2,1-3H3/q+1. The van der Waals surface area contributed by atoms with Gasteiger partial charge in [-0.3, -0.25) is 9.69 Å². The molecule has 0 radical (unpaired) electrons. The number of rotatable bonds is 85. The molecule has 1 aliphatic heterocycles. The van der Waals surface area contributed by atoms with Crippen molar-refractivity contribution in [1.29, 1.82) is 0 Å². The first kappa shape index (κ1) is 92.6. The van der Waals surface area contributed by atoms with Gasteiger partial charge in [-0.25, -0.2) is 0 Å². The number of hydrogen-bond acceptors (Lipinski definition) is 23. The lowest BCUT2D eigenvalue weighted by atomic mass is 10.0. The zero-order chi connectivity index (χ0) is 68.6. The molecule has 0 unspecified atom stereocenters. The summed E-state index contributed by atoms with van der Waals surface area (Å²) >= 11 is 0. The number of nitrogens with zero attached hydrogens (tertiary/aromatic N) is 2. The number of unbranched alkanes of at least 4 members (excludes halogenated alkanes) is 18. The van der Waals surface area contributed by atoms with Crippen LogP contribution >= 0.6 is 0 Å². The van der Waals surface area contributed by atoms with Gasteiger partial charge < -0.3 is 104 Å². The number of hydrogen-bond donors (Lipinski definition) is 0. The molecule has 24 nitrogen and oxygen atoms in total. The molecular weight excluding hydrogens is 1240 g/mol. The number of esters is 1. The Morgan fingerprint density at radius 3 is 0.667 bits per heavy atom. The molecule has 1 aliphatic rings. The Kier molecular flexibility index (Phi) is 78.0. The van der Waals surface area contributed by atoms with E-state index in [0.29, 0.717) is 264 Å². The van der Waals surface area contributed by atoms with E-state index < -0.39 is 0 Å². The fourth-order valence-electron chi connectivity index (χ4n) is 9.93. The van der Waals surface area contributed by atoms with Crippen molar-refractivity contribution in [1.82, 2.24) is 4.90 Å². The molecular formula is C72H145N2O22+. The predicted octanol–water partition coefficient (Wildman–Crippen LogP) is 8.86. The zero-order valence-electron chi connectivity index (χ0n) is 61.5. The zero-order valence-corrected chi connectivity index (χ0v) is 61.5. The van der Waals surface area contributed by atoms with E-state index in [1.807, 2.05) is 0 Å². The number of likely N-dealkylation sites (N-methyl/N-ethyl adjacent to an activating group) is 1. The number of ether oxygens (including phenoxy) is 21. The van der Waals surface area contributed by atoms with Crippen molar-refractivity contribution < 1.29 is 109 Å². The van der Waals surface area contributed by atoms with Crippen LogP contribution in [0.15, 0.2) is 0 Å². The molecule has 0 spiro atoms. The molecule has 0 saturated carbocycles. The Morgan fingerprint density at radius 2 is 0.438 bits per heavy atom. The molecule has 1 heterocycles. The summed E-state index contributed by atoms with van der Waals surface area (Å²) in [5.41, 5.74) is 0. The molecule has 1 saturated heterocycles. The molecule has 1 fully saturated rings. The lowest BCUT2D eigenvalue weighted by molar-refractivity contribution is -0.913. The fraction of sp³-hybridized carbons (Fsp3) is 0.986. The Bertz CT molecular complexity index is 1470. The molecule has 0 aromatic carbocycles. The number of quaternary nitrogens is 1. The maximum Gasteiger partial charge on any atom is 0.307 e. The summed E-state index contributed by atoms with van der Waals surface area (Å²) in [6.07, 6.45) is 27.8. The van der Waals surface area contributed by atoms with Gasteiger partial charge in [0.05, 0.1) is 291 Å². The van der Waals surface area contributed by atoms with Crippen LogP contribution in [0.2, 0.25) is 0 Å². The fourth-order valence-corrected chi connectivity index (χ4v) is 9.93. The molecule has 24 heteroatoms. The lowest BCUT2D eigenvalue weighted by Crippen LogP contribution is -2.57. The first-order valence-corrected chi connectivity index (χ1v) is 37.9. The van der Waals surface area contributed by atoms with E-state index in [0.717, 1.165) is 50.2 Å². The third kappa shape index (κ3) is 75.3. The Balaban J connectivity index is 1.61. The van der Waals surface area contributed by atoms with Gasteiger partial charge in [0.1, 0.15) is 6.61 Å². The minimum atomic E-state index is -0.165. The molecule has 1 rings (SSSR count). The van der Waals surface area contributed by atoms with Gasteiger partial charge >= 0.3 is 5.97 Å². The van der Waals surface area contributed by atoms with Gasteiger partial charge in [0.2, 0.25) is 0 Å². The van der Waals surface area contributed by atoms with E-state index in [-0.39, 0.29) is 12.6 Å². The minimum Gasteiger partial charge on any atom is -0.463 e. The van der Waals surface area contributed by atoms with Crippen LogP contribution in [0.1, 0.15) is 149 Å². The average Bonchev–Trinajstić information content (AvgIpc) is 0.911. The quantitative estimate of drug-likeness (QED) is 0.0316. The third-order valence-electron chi connectivity index (χ3n) is 15.8. The van der Waals surface area contributed by atoms with Crippen LogP contribution in [0.3, 0.4) is 0 Å². The normalized spacial score (nSPS) is 13.4. The van der Waals surface area contributed by atoms with Crippen molar-refractivity contribution >= 4 is 5.97 Å². The average molecular weight is 1390 g/mol. The van der Waals surface area contributed by atoms with E-state index in [1.54, 1.807) is 0 Å². The summed E-state index contributed by atoms with van der Waals surface area (Å²) in [5.74, 6) is -0.165. The van der Waals surface area contributed by atoms with Crippen LogP contribution in [0, 0.1) is 0 Å². The van der Waals surface area contributed by atoms with Gasteiger partial charge in [0.25, 0.3) is 0 Å². The molecule has 0 aliphatic carbocycles. The van der Waals surface area contributed by atoms with Crippen molar-refractivity contribution in [2.45, 2.75) is 149 Å². The summed E-state index contributed by atoms with van der Waals surface area (Å²) in [7, 11) is 2.37. The molecule has 574 valence electrons. The second-order valence-electron chi connectivity index (χ2n) is 24.2. The largest absolute Gasteiger partial charge is 0.463 e. The Hall–Kier alpha value is -1.41. The van der Waals surface area contributed by atoms with Gasteiger partial charge in [-0.15, -0.1) is 0 Å². The molecule has 0 aromatic heterocycles. The molecule has 0 aromatic rings. The van der Waals surface area contributed by atoms with E-state index in [9.17, 15) is 4.79 Å². The van der Waals surface area contributed by atoms with Crippen molar-refractivity contribution in [3.8, 4) is 0 Å². The van der Waals surface area contributed by atoms with Crippen LogP contribution in [-0.4, -0.2) is 333 Å². The summed E-state index contributed by atoms with van der Waals surface area (Å²) in [6, 6.07) is 0. The smallest absolute Gasteiger partial charge is 0.307 e. The van der Waals surface area contributed by atoms with Gasteiger partial charge in [0, 0.05) is 26.2 Å². The summed E-state index contributed by atoms with van der Waals surface area (Å²) in [6.45, 7) is 31.4. The Morgan fingerprint density at radius 1 is 0.250 bits per heavy atom. The van der Waals surface area contributed by atoms with Crippen molar-refractivity contribution in [3.05, 3.63) is 0 Å². The minimum absolute atomic E-state index is 0.165. The highest BCUT2D eigenvalue weighted by molar-refractivity contribution is 5.69. The Labute approximate surface area is 583 Å². The first-order valence-electron chi connectivity index (χ1n) is 37.9. The summed E-state index contributed by atoms with van der Waals surface area (Å²) in [5, 5.41) is 0. The number of piperazine rings is 1. The highest BCUT2D eigenvalue weighted by Gasteiger charge is 2.28. The van der Waals surface area contributed by atoms with Crippen LogP contribution < -0.4 is 0 Å². The van der Waals surface area contributed by atoms with Crippen LogP contribution in [0.4, 0.5) is 0 Å². The molecule has 0 bridgehead atoms. The number of carbonyl (C=O) groups excluding carboxylic acids is 1. The van der Waals surface area contributed by atoms with E-state index in [2.05, 4.69) is 25.8 Å². The van der Waals surface area contributed by atoms with Crippen molar-refractivity contribution in [3.63, 3.8) is 0 Å². The van der Waals surface area contributed by atoms with Gasteiger partial charge in [-0.2, -0.15) is 0 Å². The highest BCUT2D eigenvalue weighted by atomic mass is 16.6. The lowest BCUT2D eigenvalue weighted by Gasteiger charge is -2.42. The maximum absolute atomic E-state index is 12.2. The van der Waals surface area contributed by atoms with Gasteiger partial charge in [-0.05, 0) is 19.3 Å². The van der Waals surface area contributed by atoms with E-state index >= 15 is 0 Å². The molecule has 96 heavy (non-hydrogen) atoms. The number of carbonyl (C=O) groups is 1. The molecule has 0 atom stereocenters. The summed E-state index contributed by atoms with van der Waals surface area (Å²) < 4.78 is 118. The third-order valence-corrected chi connectivity index (χ3v) is 15.8. The summed E-state index contributed by atoms with van der Waals surface area (Å²) in [4.78, 5) is 14.6. The van der Waals surface area contributed by atoms with Crippen LogP contribution in [0.5, 0.6) is 0 Å². The van der Waals surface area contributed by atoms with Gasteiger partial charge in [0.15, 0.2) is 0 Å². The first-order chi connectivity index (χ1) is 47.6. The second-order valence-corrected chi connectivity index (χ2v) is 24.2. The maximum atomic E-state index is 12.2. The monoisotopic (exact) mass is 1390 g/mol. The highest BCUT2D eigenvalue weighted by Crippen LogP contribution is 2.15.